The van der Waals surface area contributed by atoms with Crippen molar-refractivity contribution >= 4 is 38.6 Å². The van der Waals surface area contributed by atoms with E-state index in [0.717, 1.165) is 21.8 Å². The minimum atomic E-state index is -0.494. The minimum Gasteiger partial charge on any atom is -0.366 e. The lowest BCUT2D eigenvalue weighted by Crippen LogP contribution is -2.35. The monoisotopic (exact) mass is 397 g/mol. The molecular formula is C19H16BrN3O2. The Morgan fingerprint density at radius 2 is 1.80 bits per heavy atom. The van der Waals surface area contributed by atoms with Gasteiger partial charge in [-0.15, -0.1) is 0 Å². The molecule has 3 N–H and O–H groups in total. The average Bonchev–Trinajstić information content (AvgIpc) is 3.00. The Bertz CT molecular complexity index is 992. The van der Waals surface area contributed by atoms with Crippen LogP contribution in [-0.4, -0.2) is 28.2 Å². The van der Waals surface area contributed by atoms with Crippen molar-refractivity contribution in [2.24, 2.45) is 5.73 Å². The lowest BCUT2D eigenvalue weighted by atomic mass is 10.0. The summed E-state index contributed by atoms with van der Waals surface area (Å²) in [5, 5.41) is 1.14. The van der Waals surface area contributed by atoms with E-state index in [0.29, 0.717) is 24.2 Å². The molecule has 25 heavy (non-hydrogen) atoms. The normalized spacial score (nSPS) is 13.7. The van der Waals surface area contributed by atoms with Crippen molar-refractivity contribution < 1.29 is 9.59 Å². The number of aromatic amines is 1. The van der Waals surface area contributed by atoms with Crippen molar-refractivity contribution in [1.29, 1.82) is 0 Å². The summed E-state index contributed by atoms with van der Waals surface area (Å²) in [7, 11) is 0. The number of halogens is 1. The SMILES string of the molecule is NC(=O)c1ccc(C(=O)N2CCc3[nH]c4c(Br)cccc4c3C2)cc1. The molecular weight excluding hydrogens is 382 g/mol. The number of amides is 2. The second kappa shape index (κ2) is 6.04. The van der Waals surface area contributed by atoms with Crippen LogP contribution in [0.2, 0.25) is 0 Å². The van der Waals surface area contributed by atoms with Crippen molar-refractivity contribution in [1.82, 2.24) is 9.88 Å². The first-order valence-corrected chi connectivity index (χ1v) is 8.81. The van der Waals surface area contributed by atoms with Crippen LogP contribution in [0.5, 0.6) is 0 Å². The van der Waals surface area contributed by atoms with Crippen LogP contribution in [0.15, 0.2) is 46.9 Å². The van der Waals surface area contributed by atoms with E-state index in [9.17, 15) is 9.59 Å². The highest BCUT2D eigenvalue weighted by atomic mass is 79.9. The molecule has 4 rings (SSSR count). The molecule has 3 aromatic rings. The van der Waals surface area contributed by atoms with E-state index in [-0.39, 0.29) is 5.91 Å². The van der Waals surface area contributed by atoms with Gasteiger partial charge in [0.25, 0.3) is 5.91 Å². The maximum Gasteiger partial charge on any atom is 0.254 e. The number of benzene rings is 2. The number of fused-ring (bicyclic) bond motifs is 3. The number of primary amides is 1. The van der Waals surface area contributed by atoms with Crippen molar-refractivity contribution in [3.05, 3.63) is 69.3 Å². The molecule has 0 saturated heterocycles. The zero-order chi connectivity index (χ0) is 17.6. The third-order valence-corrected chi connectivity index (χ3v) is 5.32. The number of H-pyrrole nitrogens is 1. The molecule has 1 aliphatic heterocycles. The molecule has 2 aromatic carbocycles. The van der Waals surface area contributed by atoms with Crippen LogP contribution in [0.1, 0.15) is 32.0 Å². The Hall–Kier alpha value is -2.60. The van der Waals surface area contributed by atoms with E-state index < -0.39 is 5.91 Å². The van der Waals surface area contributed by atoms with E-state index in [1.165, 1.54) is 11.3 Å². The van der Waals surface area contributed by atoms with E-state index >= 15 is 0 Å². The lowest BCUT2D eigenvalue weighted by molar-refractivity contribution is 0.0734. The van der Waals surface area contributed by atoms with E-state index in [4.69, 9.17) is 5.73 Å². The molecule has 2 heterocycles. The number of hydrogen-bond donors (Lipinski definition) is 2. The molecule has 0 bridgehead atoms. The molecule has 0 radical (unpaired) electrons. The summed E-state index contributed by atoms with van der Waals surface area (Å²) in [6.45, 7) is 1.23. The predicted octanol–water partition coefficient (Wildman–Crippen LogP) is 3.23. The number of carbonyl (C=O) groups is 2. The Morgan fingerprint density at radius 3 is 2.52 bits per heavy atom. The fourth-order valence-electron chi connectivity index (χ4n) is 3.34. The van der Waals surface area contributed by atoms with Gasteiger partial charge in [0.1, 0.15) is 0 Å². The maximum absolute atomic E-state index is 12.8. The minimum absolute atomic E-state index is 0.0361. The highest BCUT2D eigenvalue weighted by Gasteiger charge is 2.25. The van der Waals surface area contributed by atoms with Crippen molar-refractivity contribution in [2.75, 3.05) is 6.54 Å². The topological polar surface area (TPSA) is 79.2 Å². The van der Waals surface area contributed by atoms with Crippen molar-refractivity contribution in [3.63, 3.8) is 0 Å². The highest BCUT2D eigenvalue weighted by Crippen LogP contribution is 2.32. The van der Waals surface area contributed by atoms with Gasteiger partial charge in [-0.1, -0.05) is 12.1 Å². The molecule has 2 amide bonds. The van der Waals surface area contributed by atoms with Crippen LogP contribution in [0.25, 0.3) is 10.9 Å². The van der Waals surface area contributed by atoms with E-state index in [1.54, 1.807) is 24.3 Å². The first kappa shape index (κ1) is 15.9. The quantitative estimate of drug-likeness (QED) is 0.695. The number of rotatable bonds is 2. The summed E-state index contributed by atoms with van der Waals surface area (Å²) in [6.07, 6.45) is 0.793. The number of aromatic nitrogens is 1. The maximum atomic E-state index is 12.8. The van der Waals surface area contributed by atoms with Gasteiger partial charge in [0.05, 0.1) is 5.52 Å². The molecule has 0 fully saturated rings. The third kappa shape index (κ3) is 2.72. The Labute approximate surface area is 152 Å². The van der Waals surface area contributed by atoms with Gasteiger partial charge in [-0.25, -0.2) is 0 Å². The van der Waals surface area contributed by atoms with Gasteiger partial charge in [-0.05, 0) is 46.3 Å². The fourth-order valence-corrected chi connectivity index (χ4v) is 3.80. The summed E-state index contributed by atoms with van der Waals surface area (Å²) < 4.78 is 1.03. The van der Waals surface area contributed by atoms with E-state index in [2.05, 4.69) is 27.0 Å². The van der Waals surface area contributed by atoms with Gasteiger partial charge in [0.2, 0.25) is 5.91 Å². The van der Waals surface area contributed by atoms with Gasteiger partial charge >= 0.3 is 0 Å². The number of para-hydroxylation sites is 1. The average molecular weight is 398 g/mol. The predicted molar refractivity (Wildman–Crippen MR) is 99.4 cm³/mol. The van der Waals surface area contributed by atoms with Crippen LogP contribution < -0.4 is 5.73 Å². The Balaban J connectivity index is 1.63. The van der Waals surface area contributed by atoms with Crippen LogP contribution in [0, 0.1) is 0 Å². The largest absolute Gasteiger partial charge is 0.366 e. The molecule has 1 aliphatic rings. The van der Waals surface area contributed by atoms with Gasteiger partial charge in [0, 0.05) is 51.8 Å². The van der Waals surface area contributed by atoms with Crippen LogP contribution in [0.3, 0.4) is 0 Å². The molecule has 0 spiro atoms. The van der Waals surface area contributed by atoms with Gasteiger partial charge < -0.3 is 15.6 Å². The molecule has 1 aromatic heterocycles. The number of hydrogen-bond acceptors (Lipinski definition) is 2. The Morgan fingerprint density at radius 1 is 1.08 bits per heavy atom. The lowest BCUT2D eigenvalue weighted by Gasteiger charge is -2.27. The first-order chi connectivity index (χ1) is 12.0. The standard InChI is InChI=1S/C19H16BrN3O2/c20-15-3-1-2-13-14-10-23(9-8-16(14)22-17(13)15)19(25)12-6-4-11(5-7-12)18(21)24/h1-7,22H,8-10H2,(H2,21,24). The fraction of sp³-hybridized carbons (Fsp3) is 0.158. The van der Waals surface area contributed by atoms with Crippen LogP contribution >= 0.6 is 15.9 Å². The summed E-state index contributed by atoms with van der Waals surface area (Å²) in [6, 6.07) is 12.6. The molecule has 0 saturated carbocycles. The molecule has 0 atom stereocenters. The smallest absolute Gasteiger partial charge is 0.254 e. The summed E-state index contributed by atoms with van der Waals surface area (Å²) in [5.74, 6) is -0.531. The molecule has 6 heteroatoms. The van der Waals surface area contributed by atoms with E-state index in [1.807, 2.05) is 17.0 Å². The number of carbonyl (C=O) groups excluding carboxylic acids is 2. The summed E-state index contributed by atoms with van der Waals surface area (Å²) in [4.78, 5) is 29.3. The summed E-state index contributed by atoms with van der Waals surface area (Å²) in [5.41, 5.74) is 9.65. The molecule has 0 aliphatic carbocycles. The highest BCUT2D eigenvalue weighted by molar-refractivity contribution is 9.10. The number of nitrogens with one attached hydrogen (secondary N) is 1. The first-order valence-electron chi connectivity index (χ1n) is 8.01. The van der Waals surface area contributed by atoms with Crippen molar-refractivity contribution in [3.8, 4) is 0 Å². The molecule has 0 unspecified atom stereocenters. The van der Waals surface area contributed by atoms with Crippen LogP contribution in [0.4, 0.5) is 0 Å². The number of nitrogens with two attached hydrogens (primary N) is 1. The van der Waals surface area contributed by atoms with Crippen molar-refractivity contribution in [2.45, 2.75) is 13.0 Å². The zero-order valence-electron chi connectivity index (χ0n) is 13.4. The Kier molecular flexibility index (Phi) is 3.84. The zero-order valence-corrected chi connectivity index (χ0v) is 15.0. The summed E-state index contributed by atoms with van der Waals surface area (Å²) >= 11 is 3.57. The third-order valence-electron chi connectivity index (χ3n) is 4.66. The number of nitrogens with zero attached hydrogens (tertiary/aromatic N) is 1. The molecule has 126 valence electrons. The van der Waals surface area contributed by atoms with Crippen LogP contribution in [-0.2, 0) is 13.0 Å². The van der Waals surface area contributed by atoms with Gasteiger partial charge in [0.15, 0.2) is 0 Å². The second-order valence-electron chi connectivity index (χ2n) is 6.16. The second-order valence-corrected chi connectivity index (χ2v) is 7.02. The van der Waals surface area contributed by atoms with Gasteiger partial charge in [-0.3, -0.25) is 9.59 Å². The molecule has 5 nitrogen and oxygen atoms in total. The van der Waals surface area contributed by atoms with Gasteiger partial charge in [-0.2, -0.15) is 0 Å².